The third kappa shape index (κ3) is 3.50. The molecule has 3 atom stereocenters. The maximum atomic E-state index is 13.5. The molecule has 1 fully saturated rings. The molecule has 0 spiro atoms. The van der Waals surface area contributed by atoms with E-state index in [1.165, 1.54) is 29.2 Å². The maximum Gasteiger partial charge on any atom is 0.421 e. The Balaban J connectivity index is 2.30. The van der Waals surface area contributed by atoms with Gasteiger partial charge in [0.15, 0.2) is 5.60 Å². The number of hydrogen-bond donors (Lipinski definition) is 1. The molecule has 1 aromatic rings. The van der Waals surface area contributed by atoms with Gasteiger partial charge in [0.1, 0.15) is 0 Å². The fourth-order valence-electron chi connectivity index (χ4n) is 2.89. The summed E-state index contributed by atoms with van der Waals surface area (Å²) in [6.07, 6.45) is -6.00. The number of ether oxygens (including phenoxy) is 1. The van der Waals surface area contributed by atoms with Gasteiger partial charge in [0.2, 0.25) is 5.91 Å². The molecule has 1 aliphatic rings. The number of benzene rings is 1. The summed E-state index contributed by atoms with van der Waals surface area (Å²) in [6, 6.07) is 6.03. The van der Waals surface area contributed by atoms with Crippen LogP contribution in [0, 0.1) is 0 Å². The van der Waals surface area contributed by atoms with Crippen molar-refractivity contribution >= 4 is 5.91 Å². The minimum atomic E-state index is -4.96. The van der Waals surface area contributed by atoms with E-state index in [0.717, 1.165) is 0 Å². The molecule has 1 heterocycles. The van der Waals surface area contributed by atoms with E-state index >= 15 is 0 Å². The molecule has 1 N–H and O–H groups in total. The van der Waals surface area contributed by atoms with Crippen molar-refractivity contribution in [1.29, 1.82) is 0 Å². The first kappa shape index (κ1) is 17.7. The summed E-state index contributed by atoms with van der Waals surface area (Å²) < 4.78 is 45.7. The molecule has 1 aliphatic heterocycles. The van der Waals surface area contributed by atoms with E-state index in [1.807, 2.05) is 0 Å². The summed E-state index contributed by atoms with van der Waals surface area (Å²) in [7, 11) is 0. The van der Waals surface area contributed by atoms with Gasteiger partial charge in [-0.2, -0.15) is 13.2 Å². The Hall–Kier alpha value is -1.60. The lowest BCUT2D eigenvalue weighted by molar-refractivity contribution is -0.269. The average molecular weight is 331 g/mol. The molecule has 1 saturated heterocycles. The molecule has 4 nitrogen and oxygen atoms in total. The van der Waals surface area contributed by atoms with Crippen LogP contribution in [0.5, 0.6) is 0 Å². The molecule has 0 radical (unpaired) electrons. The van der Waals surface area contributed by atoms with E-state index in [-0.39, 0.29) is 30.9 Å². The predicted molar refractivity (Wildman–Crippen MR) is 77.6 cm³/mol. The fraction of sp³-hybridized carbons (Fsp3) is 0.562. The van der Waals surface area contributed by atoms with Gasteiger partial charge in [-0.1, -0.05) is 30.3 Å². The van der Waals surface area contributed by atoms with Crippen LogP contribution in [-0.4, -0.2) is 47.4 Å². The summed E-state index contributed by atoms with van der Waals surface area (Å²) in [4.78, 5) is 13.8. The van der Waals surface area contributed by atoms with Crippen molar-refractivity contribution in [3.8, 4) is 0 Å². The highest BCUT2D eigenvalue weighted by molar-refractivity contribution is 5.78. The summed E-state index contributed by atoms with van der Waals surface area (Å²) in [5, 5.41) is 10.3. The van der Waals surface area contributed by atoms with Crippen molar-refractivity contribution in [3.05, 3.63) is 35.9 Å². The molecular formula is C16H20F3NO3. The Morgan fingerprint density at radius 1 is 1.22 bits per heavy atom. The van der Waals surface area contributed by atoms with Crippen molar-refractivity contribution in [2.45, 2.75) is 44.1 Å². The molecule has 1 aromatic carbocycles. The van der Waals surface area contributed by atoms with E-state index in [0.29, 0.717) is 0 Å². The zero-order valence-electron chi connectivity index (χ0n) is 13.0. The number of alkyl halides is 3. The van der Waals surface area contributed by atoms with Gasteiger partial charge in [0.05, 0.1) is 31.7 Å². The zero-order valence-corrected chi connectivity index (χ0v) is 13.0. The van der Waals surface area contributed by atoms with Gasteiger partial charge in [0.25, 0.3) is 0 Å². The molecule has 7 heteroatoms. The van der Waals surface area contributed by atoms with Gasteiger partial charge in [-0.25, -0.2) is 0 Å². The number of amides is 1. The highest BCUT2D eigenvalue weighted by Crippen LogP contribution is 2.42. The van der Waals surface area contributed by atoms with Crippen LogP contribution in [0.15, 0.2) is 30.3 Å². The van der Waals surface area contributed by atoms with E-state index in [9.17, 15) is 23.1 Å². The van der Waals surface area contributed by atoms with E-state index in [4.69, 9.17) is 4.74 Å². The highest BCUT2D eigenvalue weighted by Gasteiger charge is 2.56. The largest absolute Gasteiger partial charge is 0.421 e. The predicted octanol–water partition coefficient (Wildman–Crippen LogP) is 2.46. The van der Waals surface area contributed by atoms with Gasteiger partial charge >= 0.3 is 6.18 Å². The molecule has 0 unspecified atom stereocenters. The highest BCUT2D eigenvalue weighted by atomic mass is 19.4. The Kier molecular flexibility index (Phi) is 5.01. The maximum absolute atomic E-state index is 13.5. The second-order valence-corrected chi connectivity index (χ2v) is 5.94. The number of rotatable bonds is 3. The monoisotopic (exact) mass is 331 g/mol. The van der Waals surface area contributed by atoms with Crippen LogP contribution in [0.2, 0.25) is 0 Å². The minimum absolute atomic E-state index is 0.270. The number of nitrogens with zero attached hydrogens (tertiary/aromatic N) is 1. The standard InChI is InChI=1S/C16H20F3NO3/c1-11-9-23-10-12(2)20(11)14(21)8-15(22,16(17,18)19)13-6-4-3-5-7-13/h3-7,11-12,22H,8-10H2,1-2H3/t11-,12+,15-/m0/s1. The van der Waals surface area contributed by atoms with Crippen LogP contribution in [0.4, 0.5) is 13.2 Å². The molecule has 0 aliphatic carbocycles. The Bertz CT molecular complexity index is 539. The van der Waals surface area contributed by atoms with Crippen LogP contribution in [-0.2, 0) is 15.1 Å². The molecule has 1 amide bonds. The van der Waals surface area contributed by atoms with Crippen molar-refractivity contribution in [2.75, 3.05) is 13.2 Å². The number of carbonyl (C=O) groups excluding carboxylic acids is 1. The second kappa shape index (κ2) is 6.49. The Morgan fingerprint density at radius 3 is 2.22 bits per heavy atom. The van der Waals surface area contributed by atoms with Gasteiger partial charge in [-0.15, -0.1) is 0 Å². The number of halogens is 3. The van der Waals surface area contributed by atoms with E-state index in [2.05, 4.69) is 0 Å². The third-order valence-corrected chi connectivity index (χ3v) is 4.08. The molecule has 2 rings (SSSR count). The topological polar surface area (TPSA) is 49.8 Å². The van der Waals surface area contributed by atoms with Crippen molar-refractivity contribution in [3.63, 3.8) is 0 Å². The Morgan fingerprint density at radius 2 is 1.74 bits per heavy atom. The quantitative estimate of drug-likeness (QED) is 0.926. The fourth-order valence-corrected chi connectivity index (χ4v) is 2.89. The van der Waals surface area contributed by atoms with E-state index < -0.39 is 24.1 Å². The smallest absolute Gasteiger partial charge is 0.377 e. The third-order valence-electron chi connectivity index (χ3n) is 4.08. The summed E-state index contributed by atoms with van der Waals surface area (Å²) in [5.41, 5.74) is -3.54. The summed E-state index contributed by atoms with van der Waals surface area (Å²) in [6.45, 7) is 3.96. The molecule has 0 bridgehead atoms. The molecule has 23 heavy (non-hydrogen) atoms. The van der Waals surface area contributed by atoms with Crippen LogP contribution in [0.3, 0.4) is 0 Å². The lowest BCUT2D eigenvalue weighted by Crippen LogP contribution is -2.55. The van der Waals surface area contributed by atoms with Crippen molar-refractivity contribution < 1.29 is 27.8 Å². The van der Waals surface area contributed by atoms with Gasteiger partial charge < -0.3 is 14.7 Å². The molecule has 0 aromatic heterocycles. The lowest BCUT2D eigenvalue weighted by Gasteiger charge is -2.41. The SMILES string of the molecule is C[C@@H]1COC[C@H](C)N1C(=O)C[C@](O)(c1ccccc1)C(F)(F)F. The van der Waals surface area contributed by atoms with Crippen LogP contribution < -0.4 is 0 Å². The van der Waals surface area contributed by atoms with Gasteiger partial charge in [-0.05, 0) is 19.4 Å². The van der Waals surface area contributed by atoms with Gasteiger partial charge in [-0.3, -0.25) is 4.79 Å². The molecule has 128 valence electrons. The second-order valence-electron chi connectivity index (χ2n) is 5.94. The number of aliphatic hydroxyl groups is 1. The normalized spacial score (nSPS) is 25.0. The number of carbonyl (C=O) groups is 1. The summed E-state index contributed by atoms with van der Waals surface area (Å²) in [5.74, 6) is -0.739. The first-order chi connectivity index (χ1) is 10.7. The van der Waals surface area contributed by atoms with Crippen LogP contribution in [0.25, 0.3) is 0 Å². The minimum Gasteiger partial charge on any atom is -0.377 e. The van der Waals surface area contributed by atoms with Gasteiger partial charge in [0, 0.05) is 0 Å². The Labute approximate surface area is 132 Å². The molecule has 0 saturated carbocycles. The van der Waals surface area contributed by atoms with Crippen LogP contribution in [0.1, 0.15) is 25.8 Å². The first-order valence-electron chi connectivity index (χ1n) is 7.40. The van der Waals surface area contributed by atoms with E-state index in [1.54, 1.807) is 19.9 Å². The lowest BCUT2D eigenvalue weighted by atomic mass is 9.88. The number of morpholine rings is 1. The van der Waals surface area contributed by atoms with Crippen molar-refractivity contribution in [2.24, 2.45) is 0 Å². The number of hydrogen-bond acceptors (Lipinski definition) is 3. The molecular weight excluding hydrogens is 311 g/mol. The van der Waals surface area contributed by atoms with Crippen LogP contribution >= 0.6 is 0 Å². The summed E-state index contributed by atoms with van der Waals surface area (Å²) >= 11 is 0. The zero-order chi connectivity index (χ0) is 17.3. The first-order valence-corrected chi connectivity index (χ1v) is 7.40. The van der Waals surface area contributed by atoms with Crippen molar-refractivity contribution in [1.82, 2.24) is 4.90 Å². The average Bonchev–Trinajstić information content (AvgIpc) is 2.46.